The number of halogens is 2. The van der Waals surface area contributed by atoms with Crippen molar-refractivity contribution >= 4 is 45.8 Å². The van der Waals surface area contributed by atoms with Crippen molar-refractivity contribution in [1.29, 1.82) is 0 Å². The van der Waals surface area contributed by atoms with Crippen LogP contribution in [-0.2, 0) is 0 Å². The zero-order chi connectivity index (χ0) is 13.8. The van der Waals surface area contributed by atoms with E-state index < -0.39 is 0 Å². The van der Waals surface area contributed by atoms with E-state index >= 15 is 0 Å². The number of anilines is 1. The van der Waals surface area contributed by atoms with Crippen LogP contribution >= 0.6 is 34.2 Å². The topological polar surface area (TPSA) is 38.3 Å². The SMILES string of the molecule is COc1ccc(Cl)c(NC(=O)c2ccc(I)cc2)c1. The van der Waals surface area contributed by atoms with Crippen LogP contribution in [0.4, 0.5) is 5.69 Å². The molecule has 5 heteroatoms. The van der Waals surface area contributed by atoms with Crippen molar-refractivity contribution in [2.24, 2.45) is 0 Å². The smallest absolute Gasteiger partial charge is 0.255 e. The summed E-state index contributed by atoms with van der Waals surface area (Å²) in [5, 5.41) is 3.24. The minimum atomic E-state index is -0.202. The van der Waals surface area contributed by atoms with Crippen molar-refractivity contribution in [3.05, 3.63) is 56.6 Å². The number of benzene rings is 2. The maximum Gasteiger partial charge on any atom is 0.255 e. The molecule has 3 nitrogen and oxygen atoms in total. The standard InChI is InChI=1S/C14H11ClINO2/c1-19-11-6-7-12(15)13(8-11)17-14(18)9-2-4-10(16)5-3-9/h2-8H,1H3,(H,17,18). The number of nitrogens with one attached hydrogen (secondary N) is 1. The maximum absolute atomic E-state index is 12.1. The molecule has 0 aliphatic rings. The van der Waals surface area contributed by atoms with Gasteiger partial charge in [-0.3, -0.25) is 4.79 Å². The molecule has 0 saturated carbocycles. The molecule has 0 unspecified atom stereocenters. The largest absolute Gasteiger partial charge is 0.497 e. The summed E-state index contributed by atoms with van der Waals surface area (Å²) in [5.74, 6) is 0.439. The summed E-state index contributed by atoms with van der Waals surface area (Å²) in [7, 11) is 1.56. The van der Waals surface area contributed by atoms with Crippen molar-refractivity contribution < 1.29 is 9.53 Å². The van der Waals surface area contributed by atoms with Crippen LogP contribution in [0.15, 0.2) is 42.5 Å². The molecule has 1 N–H and O–H groups in total. The third kappa shape index (κ3) is 3.61. The third-order valence-electron chi connectivity index (χ3n) is 2.53. The van der Waals surface area contributed by atoms with Crippen LogP contribution in [0, 0.1) is 3.57 Å². The van der Waals surface area contributed by atoms with Gasteiger partial charge in [-0.1, -0.05) is 11.6 Å². The normalized spacial score (nSPS) is 10.1. The van der Waals surface area contributed by atoms with E-state index in [0.29, 0.717) is 22.0 Å². The molecule has 0 atom stereocenters. The van der Waals surface area contributed by atoms with Gasteiger partial charge in [0.15, 0.2) is 0 Å². The zero-order valence-corrected chi connectivity index (χ0v) is 13.0. The van der Waals surface area contributed by atoms with Crippen LogP contribution in [0.25, 0.3) is 0 Å². The molecule has 0 radical (unpaired) electrons. The average molecular weight is 388 g/mol. The highest BCUT2D eigenvalue weighted by molar-refractivity contribution is 14.1. The first kappa shape index (κ1) is 14.1. The van der Waals surface area contributed by atoms with Crippen molar-refractivity contribution in [2.45, 2.75) is 0 Å². The van der Waals surface area contributed by atoms with Gasteiger partial charge in [0.1, 0.15) is 5.75 Å². The molecular formula is C14H11ClINO2. The summed E-state index contributed by atoms with van der Waals surface area (Å²) in [6.07, 6.45) is 0. The quantitative estimate of drug-likeness (QED) is 0.802. The van der Waals surface area contributed by atoms with Gasteiger partial charge in [0.05, 0.1) is 17.8 Å². The van der Waals surface area contributed by atoms with E-state index in [1.165, 1.54) is 0 Å². The zero-order valence-electron chi connectivity index (χ0n) is 10.1. The van der Waals surface area contributed by atoms with E-state index in [-0.39, 0.29) is 5.91 Å². The molecule has 0 bridgehead atoms. The number of hydrogen-bond donors (Lipinski definition) is 1. The lowest BCUT2D eigenvalue weighted by molar-refractivity contribution is 0.102. The van der Waals surface area contributed by atoms with Gasteiger partial charge in [0.2, 0.25) is 0 Å². The molecule has 0 heterocycles. The molecule has 0 fully saturated rings. The van der Waals surface area contributed by atoms with E-state index in [2.05, 4.69) is 27.9 Å². The van der Waals surface area contributed by atoms with Crippen molar-refractivity contribution in [2.75, 3.05) is 12.4 Å². The number of hydrogen-bond acceptors (Lipinski definition) is 2. The summed E-state index contributed by atoms with van der Waals surface area (Å²) in [6.45, 7) is 0. The molecule has 2 rings (SSSR count). The number of carbonyl (C=O) groups is 1. The van der Waals surface area contributed by atoms with E-state index in [1.54, 1.807) is 37.4 Å². The molecule has 98 valence electrons. The second-order valence-electron chi connectivity index (χ2n) is 3.81. The Bertz CT molecular complexity index is 599. The third-order valence-corrected chi connectivity index (χ3v) is 3.58. The van der Waals surface area contributed by atoms with Gasteiger partial charge >= 0.3 is 0 Å². The van der Waals surface area contributed by atoms with Gasteiger partial charge in [-0.2, -0.15) is 0 Å². The lowest BCUT2D eigenvalue weighted by atomic mass is 10.2. The molecule has 2 aromatic rings. The first-order valence-corrected chi connectivity index (χ1v) is 6.96. The number of ether oxygens (including phenoxy) is 1. The highest BCUT2D eigenvalue weighted by Gasteiger charge is 2.09. The Kier molecular flexibility index (Phi) is 4.66. The van der Waals surface area contributed by atoms with Gasteiger partial charge in [0.25, 0.3) is 5.91 Å². The van der Waals surface area contributed by atoms with E-state index in [4.69, 9.17) is 16.3 Å². The number of rotatable bonds is 3. The highest BCUT2D eigenvalue weighted by Crippen LogP contribution is 2.27. The monoisotopic (exact) mass is 387 g/mol. The Hall–Kier alpha value is -1.27. The van der Waals surface area contributed by atoms with Crippen molar-refractivity contribution in [1.82, 2.24) is 0 Å². The molecular weight excluding hydrogens is 377 g/mol. The average Bonchev–Trinajstić information content (AvgIpc) is 2.42. The van der Waals surface area contributed by atoms with Crippen LogP contribution < -0.4 is 10.1 Å². The second kappa shape index (κ2) is 6.25. The Morgan fingerprint density at radius 1 is 1.21 bits per heavy atom. The minimum absolute atomic E-state index is 0.202. The summed E-state index contributed by atoms with van der Waals surface area (Å²) in [5.41, 5.74) is 1.11. The highest BCUT2D eigenvalue weighted by atomic mass is 127. The number of carbonyl (C=O) groups excluding carboxylic acids is 1. The van der Waals surface area contributed by atoms with Gasteiger partial charge in [-0.25, -0.2) is 0 Å². The fourth-order valence-electron chi connectivity index (χ4n) is 1.52. The fourth-order valence-corrected chi connectivity index (χ4v) is 2.05. The van der Waals surface area contributed by atoms with E-state index in [1.807, 2.05) is 12.1 Å². The Morgan fingerprint density at radius 3 is 2.53 bits per heavy atom. The van der Waals surface area contributed by atoms with Gasteiger partial charge < -0.3 is 10.1 Å². The van der Waals surface area contributed by atoms with Crippen LogP contribution in [0.3, 0.4) is 0 Å². The van der Waals surface area contributed by atoms with Crippen LogP contribution in [0.5, 0.6) is 5.75 Å². The summed E-state index contributed by atoms with van der Waals surface area (Å²) >= 11 is 8.23. The van der Waals surface area contributed by atoms with Crippen LogP contribution in [-0.4, -0.2) is 13.0 Å². The van der Waals surface area contributed by atoms with Crippen molar-refractivity contribution in [3.8, 4) is 5.75 Å². The molecule has 0 spiro atoms. The maximum atomic E-state index is 12.1. The number of amides is 1. The van der Waals surface area contributed by atoms with Gasteiger partial charge in [0, 0.05) is 15.2 Å². The molecule has 0 saturated heterocycles. The Balaban J connectivity index is 2.21. The Morgan fingerprint density at radius 2 is 1.89 bits per heavy atom. The van der Waals surface area contributed by atoms with Gasteiger partial charge in [-0.05, 0) is 59.0 Å². The molecule has 0 aromatic heterocycles. The predicted octanol–water partition coefficient (Wildman–Crippen LogP) is 4.21. The second-order valence-corrected chi connectivity index (χ2v) is 5.46. The first-order chi connectivity index (χ1) is 9.10. The van der Waals surface area contributed by atoms with E-state index in [0.717, 1.165) is 3.57 Å². The van der Waals surface area contributed by atoms with Crippen molar-refractivity contribution in [3.63, 3.8) is 0 Å². The summed E-state index contributed by atoms with van der Waals surface area (Å²) < 4.78 is 6.18. The van der Waals surface area contributed by atoms with Gasteiger partial charge in [-0.15, -0.1) is 0 Å². The minimum Gasteiger partial charge on any atom is -0.497 e. The predicted molar refractivity (Wildman–Crippen MR) is 85.1 cm³/mol. The molecule has 0 aliphatic heterocycles. The summed E-state index contributed by atoms with van der Waals surface area (Å²) in [4.78, 5) is 12.1. The molecule has 0 aliphatic carbocycles. The van der Waals surface area contributed by atoms with Crippen LogP contribution in [0.1, 0.15) is 10.4 Å². The summed E-state index contributed by atoms with van der Waals surface area (Å²) in [6, 6.07) is 12.4. The molecule has 2 aromatic carbocycles. The van der Waals surface area contributed by atoms with Crippen LogP contribution in [0.2, 0.25) is 5.02 Å². The fraction of sp³-hybridized carbons (Fsp3) is 0.0714. The van der Waals surface area contributed by atoms with E-state index in [9.17, 15) is 4.79 Å². The molecule has 19 heavy (non-hydrogen) atoms. The lowest BCUT2D eigenvalue weighted by Gasteiger charge is -2.09. The Labute approximate surface area is 130 Å². The molecule has 1 amide bonds. The number of methoxy groups -OCH3 is 1. The lowest BCUT2D eigenvalue weighted by Crippen LogP contribution is -2.12. The first-order valence-electron chi connectivity index (χ1n) is 5.50.